The number of fused-ring (bicyclic) bond motifs is 2. The van der Waals surface area contributed by atoms with Gasteiger partial charge in [-0.25, -0.2) is 4.98 Å². The summed E-state index contributed by atoms with van der Waals surface area (Å²) in [4.78, 5) is 26.4. The Balaban J connectivity index is 1.33. The van der Waals surface area contributed by atoms with E-state index >= 15 is 0 Å². The molecule has 0 aliphatic carbocycles. The monoisotopic (exact) mass is 506 g/mol. The summed E-state index contributed by atoms with van der Waals surface area (Å²) in [6.45, 7) is 4.91. The fourth-order valence-corrected chi connectivity index (χ4v) is 5.41. The molecular formula is C28H26N8O2. The molecule has 2 aliphatic heterocycles. The molecule has 2 aliphatic rings. The number of H-pyrrole nitrogens is 1. The lowest BCUT2D eigenvalue weighted by atomic mass is 9.99. The number of benzene rings is 1. The van der Waals surface area contributed by atoms with Crippen LogP contribution in [-0.2, 0) is 11.2 Å². The van der Waals surface area contributed by atoms with E-state index < -0.39 is 0 Å². The average Bonchev–Trinajstić information content (AvgIpc) is 3.72. The van der Waals surface area contributed by atoms with Crippen LogP contribution < -0.4 is 9.80 Å². The van der Waals surface area contributed by atoms with Crippen molar-refractivity contribution >= 4 is 28.4 Å². The van der Waals surface area contributed by atoms with Crippen LogP contribution in [0.2, 0.25) is 0 Å². The van der Waals surface area contributed by atoms with Crippen LogP contribution in [0.15, 0.2) is 67.3 Å². The summed E-state index contributed by atoms with van der Waals surface area (Å²) in [5, 5.41) is 12.7. The Labute approximate surface area is 218 Å². The molecule has 1 amide bonds. The molecule has 0 spiro atoms. The minimum absolute atomic E-state index is 0.00498. The number of amides is 1. The lowest BCUT2D eigenvalue weighted by molar-refractivity contribution is 0.0985. The number of carbonyl (C=O) groups is 1. The molecule has 10 heteroatoms. The normalized spacial score (nSPS) is 17.2. The molecule has 4 aromatic heterocycles. The van der Waals surface area contributed by atoms with E-state index in [-0.39, 0.29) is 11.9 Å². The number of carbonyl (C=O) groups excluding carboxylic acids is 1. The molecule has 190 valence electrons. The van der Waals surface area contributed by atoms with E-state index in [1.165, 1.54) is 0 Å². The van der Waals surface area contributed by atoms with Crippen molar-refractivity contribution in [3.8, 4) is 16.9 Å². The number of aromatic nitrogens is 6. The highest BCUT2D eigenvalue weighted by molar-refractivity contribution is 6.07. The van der Waals surface area contributed by atoms with Gasteiger partial charge >= 0.3 is 0 Å². The predicted octanol–water partition coefficient (Wildman–Crippen LogP) is 3.63. The second kappa shape index (κ2) is 9.07. The van der Waals surface area contributed by atoms with Gasteiger partial charge in [0.15, 0.2) is 11.5 Å². The third-order valence-electron chi connectivity index (χ3n) is 7.36. The minimum atomic E-state index is -0.00498. The highest BCUT2D eigenvalue weighted by Gasteiger charge is 2.27. The summed E-state index contributed by atoms with van der Waals surface area (Å²) in [7, 11) is 0. The lowest BCUT2D eigenvalue weighted by Gasteiger charge is -2.34. The van der Waals surface area contributed by atoms with Gasteiger partial charge in [-0.05, 0) is 60.4 Å². The van der Waals surface area contributed by atoms with Crippen LogP contribution >= 0.6 is 0 Å². The Morgan fingerprint density at radius 3 is 2.79 bits per heavy atom. The molecule has 1 fully saturated rings. The van der Waals surface area contributed by atoms with E-state index in [4.69, 9.17) is 9.72 Å². The van der Waals surface area contributed by atoms with Crippen molar-refractivity contribution < 1.29 is 9.53 Å². The molecule has 38 heavy (non-hydrogen) atoms. The van der Waals surface area contributed by atoms with Gasteiger partial charge in [0.05, 0.1) is 31.6 Å². The van der Waals surface area contributed by atoms with Crippen LogP contribution in [-0.4, -0.2) is 68.2 Å². The Hall–Kier alpha value is -4.57. The summed E-state index contributed by atoms with van der Waals surface area (Å²) >= 11 is 0. The van der Waals surface area contributed by atoms with Gasteiger partial charge in [0, 0.05) is 48.2 Å². The first-order valence-corrected chi connectivity index (χ1v) is 12.8. The highest BCUT2D eigenvalue weighted by atomic mass is 16.5. The molecule has 1 aromatic carbocycles. The number of hydrogen-bond acceptors (Lipinski definition) is 7. The van der Waals surface area contributed by atoms with Crippen LogP contribution in [0.5, 0.6) is 0 Å². The summed E-state index contributed by atoms with van der Waals surface area (Å²) in [6, 6.07) is 14.1. The van der Waals surface area contributed by atoms with Gasteiger partial charge in [-0.3, -0.25) is 14.9 Å². The Morgan fingerprint density at radius 2 is 1.97 bits per heavy atom. The second-order valence-electron chi connectivity index (χ2n) is 9.67. The van der Waals surface area contributed by atoms with E-state index in [1.54, 1.807) is 35.4 Å². The van der Waals surface area contributed by atoms with Crippen molar-refractivity contribution in [2.75, 3.05) is 36.1 Å². The molecule has 1 atom stereocenters. The minimum Gasteiger partial charge on any atom is -0.377 e. The van der Waals surface area contributed by atoms with Gasteiger partial charge in [-0.2, -0.15) is 14.9 Å². The number of ether oxygens (including phenoxy) is 1. The predicted molar refractivity (Wildman–Crippen MR) is 144 cm³/mol. The van der Waals surface area contributed by atoms with Crippen LogP contribution in [0.1, 0.15) is 22.8 Å². The van der Waals surface area contributed by atoms with E-state index in [1.807, 2.05) is 17.2 Å². The molecule has 0 saturated carbocycles. The van der Waals surface area contributed by atoms with Gasteiger partial charge in [0.1, 0.15) is 5.82 Å². The summed E-state index contributed by atoms with van der Waals surface area (Å²) in [6.07, 6.45) is 7.67. The Morgan fingerprint density at radius 1 is 1.08 bits per heavy atom. The largest absolute Gasteiger partial charge is 0.377 e. The van der Waals surface area contributed by atoms with E-state index in [9.17, 15) is 4.79 Å². The third kappa shape index (κ3) is 3.72. The Kier molecular flexibility index (Phi) is 5.40. The molecule has 6 heterocycles. The molecule has 0 unspecified atom stereocenters. The zero-order valence-corrected chi connectivity index (χ0v) is 20.9. The van der Waals surface area contributed by atoms with Gasteiger partial charge in [0.2, 0.25) is 0 Å². The highest BCUT2D eigenvalue weighted by Crippen LogP contribution is 2.37. The van der Waals surface area contributed by atoms with Crippen LogP contribution in [0.25, 0.3) is 28.0 Å². The van der Waals surface area contributed by atoms with Gasteiger partial charge in [-0.1, -0.05) is 6.07 Å². The standard InChI is InChI=1S/C28H26N8O2/c1-18-17-38-13-12-34(18)26-15-22(23-16-31-36(27(23)32-26)25-6-10-30-33-25)20-2-3-24-21(14-20)7-11-35(24)28(37)19-4-8-29-9-5-19/h2-6,8-10,14-16,18H,7,11-13,17H2,1H3,(H,30,33)/t18-/m1/s1. The van der Waals surface area contributed by atoms with Gasteiger partial charge < -0.3 is 14.5 Å². The number of anilines is 2. The zero-order chi connectivity index (χ0) is 25.6. The van der Waals surface area contributed by atoms with Crippen molar-refractivity contribution in [3.63, 3.8) is 0 Å². The quantitative estimate of drug-likeness (QED) is 0.397. The van der Waals surface area contributed by atoms with Gasteiger partial charge in [0.25, 0.3) is 5.91 Å². The number of nitrogens with one attached hydrogen (secondary N) is 1. The van der Waals surface area contributed by atoms with E-state index in [2.05, 4.69) is 56.4 Å². The van der Waals surface area contributed by atoms with Crippen LogP contribution in [0, 0.1) is 0 Å². The fourth-order valence-electron chi connectivity index (χ4n) is 5.41. The smallest absolute Gasteiger partial charge is 0.258 e. The van der Waals surface area contributed by atoms with Crippen molar-refractivity contribution in [1.29, 1.82) is 0 Å². The molecule has 0 radical (unpaired) electrons. The Bertz CT molecular complexity index is 1630. The lowest BCUT2D eigenvalue weighted by Crippen LogP contribution is -2.44. The molecule has 10 nitrogen and oxygen atoms in total. The second-order valence-corrected chi connectivity index (χ2v) is 9.67. The van der Waals surface area contributed by atoms with Crippen molar-refractivity contribution in [3.05, 3.63) is 78.4 Å². The molecular weight excluding hydrogens is 480 g/mol. The van der Waals surface area contributed by atoms with Crippen LogP contribution in [0.4, 0.5) is 11.5 Å². The van der Waals surface area contributed by atoms with E-state index in [0.717, 1.165) is 58.0 Å². The van der Waals surface area contributed by atoms with Crippen LogP contribution in [0.3, 0.4) is 0 Å². The molecule has 1 N–H and O–H groups in total. The van der Waals surface area contributed by atoms with Crippen molar-refractivity contribution in [2.45, 2.75) is 19.4 Å². The zero-order valence-electron chi connectivity index (χ0n) is 20.9. The fraction of sp³-hybridized carbons (Fsp3) is 0.250. The van der Waals surface area contributed by atoms with Gasteiger partial charge in [-0.15, -0.1) is 0 Å². The third-order valence-corrected chi connectivity index (χ3v) is 7.36. The molecule has 7 rings (SSSR count). The summed E-state index contributed by atoms with van der Waals surface area (Å²) in [5.41, 5.74) is 5.63. The maximum absolute atomic E-state index is 13.2. The number of hydrogen-bond donors (Lipinski definition) is 1. The molecule has 5 aromatic rings. The topological polar surface area (TPSA) is 105 Å². The van der Waals surface area contributed by atoms with E-state index in [0.29, 0.717) is 25.3 Å². The molecule has 1 saturated heterocycles. The maximum Gasteiger partial charge on any atom is 0.258 e. The number of pyridine rings is 2. The first-order chi connectivity index (χ1) is 18.7. The average molecular weight is 507 g/mol. The first kappa shape index (κ1) is 22.6. The number of aromatic amines is 1. The first-order valence-electron chi connectivity index (χ1n) is 12.8. The number of morpholine rings is 1. The summed E-state index contributed by atoms with van der Waals surface area (Å²) in [5.74, 6) is 1.64. The SMILES string of the molecule is C[C@@H]1COCCN1c1cc(-c2ccc3c(c2)CCN3C(=O)c2ccncc2)c2cnn(-c3ccn[nH]3)c2n1. The van der Waals surface area contributed by atoms with Crippen molar-refractivity contribution in [1.82, 2.24) is 29.9 Å². The maximum atomic E-state index is 13.2. The number of nitrogens with zero attached hydrogens (tertiary/aromatic N) is 7. The number of rotatable bonds is 4. The van der Waals surface area contributed by atoms with Crippen molar-refractivity contribution in [2.24, 2.45) is 0 Å². The summed E-state index contributed by atoms with van der Waals surface area (Å²) < 4.78 is 7.47. The molecule has 0 bridgehead atoms.